The first kappa shape index (κ1) is 13.4. The summed E-state index contributed by atoms with van der Waals surface area (Å²) in [6, 6.07) is 8.50. The van der Waals surface area contributed by atoms with Gasteiger partial charge >= 0.3 is 0 Å². The van der Waals surface area contributed by atoms with Gasteiger partial charge in [0.1, 0.15) is 11.5 Å². The highest BCUT2D eigenvalue weighted by Crippen LogP contribution is 2.29. The van der Waals surface area contributed by atoms with Crippen molar-refractivity contribution in [3.63, 3.8) is 0 Å². The molecule has 0 saturated carbocycles. The first-order valence-electron chi connectivity index (χ1n) is 6.26. The number of pyridine rings is 1. The molecule has 0 radical (unpaired) electrons. The fourth-order valence-electron chi connectivity index (χ4n) is 2.10. The van der Waals surface area contributed by atoms with Gasteiger partial charge in [0.2, 0.25) is 0 Å². The van der Waals surface area contributed by atoms with Gasteiger partial charge in [0.25, 0.3) is 0 Å². The van der Waals surface area contributed by atoms with Gasteiger partial charge in [0.15, 0.2) is 0 Å². The maximum Gasteiger partial charge on any atom is 0.120 e. The van der Waals surface area contributed by atoms with E-state index in [2.05, 4.69) is 10.3 Å². The summed E-state index contributed by atoms with van der Waals surface area (Å²) in [5, 5.41) is 22.7. The molecule has 0 amide bonds. The second-order valence-corrected chi connectivity index (χ2v) is 4.63. The van der Waals surface area contributed by atoms with Crippen molar-refractivity contribution < 1.29 is 10.2 Å². The van der Waals surface area contributed by atoms with E-state index in [-0.39, 0.29) is 23.6 Å². The molecule has 2 atom stereocenters. The van der Waals surface area contributed by atoms with E-state index in [1.54, 1.807) is 18.5 Å². The molecule has 0 fully saturated rings. The van der Waals surface area contributed by atoms with Crippen molar-refractivity contribution in [1.82, 2.24) is 10.3 Å². The number of nitrogens with one attached hydrogen (secondary N) is 1. The second kappa shape index (κ2) is 5.71. The Balaban J connectivity index is 2.13. The molecular formula is C15H18N2O2. The van der Waals surface area contributed by atoms with Crippen LogP contribution in [0.25, 0.3) is 0 Å². The Morgan fingerprint density at radius 1 is 1.00 bits per heavy atom. The zero-order valence-electron chi connectivity index (χ0n) is 11.0. The third-order valence-electron chi connectivity index (χ3n) is 3.18. The molecular weight excluding hydrogens is 240 g/mol. The van der Waals surface area contributed by atoms with Crippen LogP contribution in [-0.2, 0) is 0 Å². The van der Waals surface area contributed by atoms with Crippen molar-refractivity contribution in [1.29, 1.82) is 0 Å². The van der Waals surface area contributed by atoms with E-state index >= 15 is 0 Å². The quantitative estimate of drug-likeness (QED) is 0.738. The van der Waals surface area contributed by atoms with Crippen molar-refractivity contribution in [3.05, 3.63) is 53.9 Å². The first-order chi connectivity index (χ1) is 9.08. The van der Waals surface area contributed by atoms with Crippen LogP contribution in [0.1, 0.15) is 37.1 Å². The van der Waals surface area contributed by atoms with Crippen LogP contribution >= 0.6 is 0 Å². The number of aromatic nitrogens is 1. The van der Waals surface area contributed by atoms with E-state index in [9.17, 15) is 10.2 Å². The van der Waals surface area contributed by atoms with E-state index in [1.165, 1.54) is 12.1 Å². The van der Waals surface area contributed by atoms with Gasteiger partial charge < -0.3 is 15.5 Å². The number of nitrogens with zero attached hydrogens (tertiary/aromatic N) is 1. The molecule has 4 nitrogen and oxygen atoms in total. The van der Waals surface area contributed by atoms with Crippen molar-refractivity contribution in [2.24, 2.45) is 0 Å². The largest absolute Gasteiger partial charge is 0.508 e. The number of hydrogen-bond donors (Lipinski definition) is 3. The van der Waals surface area contributed by atoms with E-state index in [0.717, 1.165) is 5.56 Å². The number of phenolic OH excluding ortho intramolecular Hbond substituents is 2. The third kappa shape index (κ3) is 3.23. The average molecular weight is 258 g/mol. The predicted molar refractivity (Wildman–Crippen MR) is 74.0 cm³/mol. The lowest BCUT2D eigenvalue weighted by Gasteiger charge is -2.21. The molecule has 0 aliphatic carbocycles. The van der Waals surface area contributed by atoms with Crippen LogP contribution in [0.3, 0.4) is 0 Å². The van der Waals surface area contributed by atoms with E-state index in [4.69, 9.17) is 0 Å². The SMILES string of the molecule is CC(NC(C)c1cc(O)ccc1O)c1ccncc1. The van der Waals surface area contributed by atoms with Gasteiger partial charge in [-0.1, -0.05) is 0 Å². The molecule has 1 aromatic carbocycles. The highest BCUT2D eigenvalue weighted by molar-refractivity contribution is 5.40. The summed E-state index contributed by atoms with van der Waals surface area (Å²) in [7, 11) is 0. The van der Waals surface area contributed by atoms with E-state index in [0.29, 0.717) is 5.56 Å². The molecule has 0 aliphatic heterocycles. The third-order valence-corrected chi connectivity index (χ3v) is 3.18. The van der Waals surface area contributed by atoms with Gasteiger partial charge in [0, 0.05) is 30.0 Å². The normalized spacial score (nSPS) is 14.0. The lowest BCUT2D eigenvalue weighted by Crippen LogP contribution is -2.22. The summed E-state index contributed by atoms with van der Waals surface area (Å²) >= 11 is 0. The summed E-state index contributed by atoms with van der Waals surface area (Å²) in [6.45, 7) is 4.00. The van der Waals surface area contributed by atoms with Gasteiger partial charge in [-0.2, -0.15) is 0 Å². The number of phenols is 2. The Morgan fingerprint density at radius 2 is 1.68 bits per heavy atom. The Bertz CT molecular complexity index is 543. The van der Waals surface area contributed by atoms with Gasteiger partial charge in [-0.05, 0) is 49.7 Å². The molecule has 1 heterocycles. The Hall–Kier alpha value is -2.07. The topological polar surface area (TPSA) is 65.4 Å². The first-order valence-corrected chi connectivity index (χ1v) is 6.26. The molecule has 0 spiro atoms. The standard InChI is InChI=1S/C15H18N2O2/c1-10(12-5-7-16-8-6-12)17-11(2)14-9-13(18)3-4-15(14)19/h3-11,17-19H,1-2H3. The van der Waals surface area contributed by atoms with Gasteiger partial charge in [-0.15, -0.1) is 0 Å². The van der Waals surface area contributed by atoms with Crippen LogP contribution in [0.4, 0.5) is 0 Å². The van der Waals surface area contributed by atoms with Crippen molar-refractivity contribution in [3.8, 4) is 11.5 Å². The summed E-state index contributed by atoms with van der Waals surface area (Å²) < 4.78 is 0. The molecule has 2 aromatic rings. The summed E-state index contributed by atoms with van der Waals surface area (Å²) in [5.41, 5.74) is 1.81. The summed E-state index contributed by atoms with van der Waals surface area (Å²) in [5.74, 6) is 0.331. The van der Waals surface area contributed by atoms with E-state index in [1.807, 2.05) is 26.0 Å². The lowest BCUT2D eigenvalue weighted by molar-refractivity contribution is 0.429. The fourth-order valence-corrected chi connectivity index (χ4v) is 2.10. The molecule has 2 rings (SSSR count). The highest BCUT2D eigenvalue weighted by Gasteiger charge is 2.14. The Morgan fingerprint density at radius 3 is 2.37 bits per heavy atom. The number of rotatable bonds is 4. The highest BCUT2D eigenvalue weighted by atomic mass is 16.3. The number of hydrogen-bond acceptors (Lipinski definition) is 4. The van der Waals surface area contributed by atoms with Crippen molar-refractivity contribution >= 4 is 0 Å². The monoisotopic (exact) mass is 258 g/mol. The van der Waals surface area contributed by atoms with Gasteiger partial charge in [0.05, 0.1) is 0 Å². The number of benzene rings is 1. The lowest BCUT2D eigenvalue weighted by atomic mass is 10.0. The average Bonchev–Trinajstić information content (AvgIpc) is 2.42. The van der Waals surface area contributed by atoms with Crippen LogP contribution in [0, 0.1) is 0 Å². The summed E-state index contributed by atoms with van der Waals surface area (Å²) in [6.07, 6.45) is 3.51. The molecule has 0 aliphatic rings. The van der Waals surface area contributed by atoms with Crippen LogP contribution < -0.4 is 5.32 Å². The van der Waals surface area contributed by atoms with E-state index < -0.39 is 0 Å². The predicted octanol–water partition coefficient (Wildman–Crippen LogP) is 2.90. The number of aromatic hydroxyl groups is 2. The molecule has 1 aromatic heterocycles. The molecule has 0 saturated heterocycles. The fraction of sp³-hybridized carbons (Fsp3) is 0.267. The minimum atomic E-state index is -0.0738. The zero-order chi connectivity index (χ0) is 13.8. The van der Waals surface area contributed by atoms with Crippen LogP contribution in [0.5, 0.6) is 11.5 Å². The van der Waals surface area contributed by atoms with Crippen LogP contribution in [-0.4, -0.2) is 15.2 Å². The van der Waals surface area contributed by atoms with Gasteiger partial charge in [-0.25, -0.2) is 0 Å². The second-order valence-electron chi connectivity index (χ2n) is 4.63. The molecule has 4 heteroatoms. The minimum absolute atomic E-state index is 0.0738. The Labute approximate surface area is 112 Å². The zero-order valence-corrected chi connectivity index (χ0v) is 11.0. The minimum Gasteiger partial charge on any atom is -0.508 e. The molecule has 3 N–H and O–H groups in total. The smallest absolute Gasteiger partial charge is 0.120 e. The molecule has 2 unspecified atom stereocenters. The molecule has 100 valence electrons. The Kier molecular flexibility index (Phi) is 4.02. The maximum absolute atomic E-state index is 9.83. The molecule has 19 heavy (non-hydrogen) atoms. The van der Waals surface area contributed by atoms with Crippen molar-refractivity contribution in [2.45, 2.75) is 25.9 Å². The van der Waals surface area contributed by atoms with Gasteiger partial charge in [-0.3, -0.25) is 4.98 Å². The van der Waals surface area contributed by atoms with Crippen molar-refractivity contribution in [2.75, 3.05) is 0 Å². The maximum atomic E-state index is 9.83. The van der Waals surface area contributed by atoms with Crippen LogP contribution in [0.15, 0.2) is 42.7 Å². The molecule has 0 bridgehead atoms. The van der Waals surface area contributed by atoms with Crippen LogP contribution in [0.2, 0.25) is 0 Å². The summed E-state index contributed by atoms with van der Waals surface area (Å²) in [4.78, 5) is 3.99.